The lowest BCUT2D eigenvalue weighted by atomic mass is 9.98. The van der Waals surface area contributed by atoms with Crippen LogP contribution in [0, 0.1) is 0 Å². The molecule has 0 bridgehead atoms. The van der Waals surface area contributed by atoms with Crippen LogP contribution in [0.15, 0.2) is 53.4 Å². The summed E-state index contributed by atoms with van der Waals surface area (Å²) in [6.07, 6.45) is 1.15. The summed E-state index contributed by atoms with van der Waals surface area (Å²) in [6.45, 7) is 0. The highest BCUT2D eigenvalue weighted by Gasteiger charge is 2.20. The minimum atomic E-state index is -3.29. The molecule has 0 saturated carbocycles. The minimum Gasteiger partial charge on any atom is -0.388 e. The molecule has 3 aromatic rings. The number of nitrogens with zero attached hydrogens (tertiary/aromatic N) is 1. The van der Waals surface area contributed by atoms with E-state index >= 15 is 0 Å². The Labute approximate surface area is 151 Å². The van der Waals surface area contributed by atoms with Gasteiger partial charge in [0, 0.05) is 30.1 Å². The number of rotatable bonds is 5. The summed E-state index contributed by atoms with van der Waals surface area (Å²) >= 11 is 0. The molecule has 1 amide bonds. The van der Waals surface area contributed by atoms with E-state index in [0.29, 0.717) is 16.8 Å². The first-order valence-corrected chi connectivity index (χ1v) is 9.67. The molecule has 0 fully saturated rings. The number of nitrogens with two attached hydrogens (primary N) is 1. The molecule has 8 heteroatoms. The van der Waals surface area contributed by atoms with Gasteiger partial charge in [-0.05, 0) is 29.8 Å². The Morgan fingerprint density at radius 2 is 1.62 bits per heavy atom. The Hall–Kier alpha value is -3.13. The molecule has 3 rings (SSSR count). The van der Waals surface area contributed by atoms with Crippen LogP contribution in [0.1, 0.15) is 10.5 Å². The maximum atomic E-state index is 11.8. The molecule has 0 aliphatic rings. The third kappa shape index (κ3) is 3.31. The van der Waals surface area contributed by atoms with Crippen molar-refractivity contribution < 1.29 is 13.2 Å². The van der Waals surface area contributed by atoms with Gasteiger partial charge in [0.25, 0.3) is 5.91 Å². The van der Waals surface area contributed by atoms with Gasteiger partial charge in [0.15, 0.2) is 9.84 Å². The van der Waals surface area contributed by atoms with Gasteiger partial charge in [-0.1, -0.05) is 24.3 Å². The van der Waals surface area contributed by atoms with E-state index in [1.165, 1.54) is 12.1 Å². The second-order valence-electron chi connectivity index (χ2n) is 5.81. The second kappa shape index (κ2) is 6.64. The molecule has 0 aliphatic carbocycles. The monoisotopic (exact) mass is 370 g/mol. The maximum absolute atomic E-state index is 11.8. The van der Waals surface area contributed by atoms with Crippen LogP contribution < -0.4 is 11.1 Å². The fraction of sp³-hybridized carbons (Fsp3) is 0.111. The lowest BCUT2D eigenvalue weighted by molar-refractivity contribution is 0.0996. The summed E-state index contributed by atoms with van der Waals surface area (Å²) in [5, 5.41) is 9.94. The molecule has 0 saturated heterocycles. The SMILES string of the molecule is CNc1ccc(-c2c(-c3ccc(S(C)(=O)=O)cc3)n[nH]c2C(N)=O)cc1. The van der Waals surface area contributed by atoms with Crippen molar-refractivity contribution in [3.63, 3.8) is 0 Å². The summed E-state index contributed by atoms with van der Waals surface area (Å²) in [5.41, 5.74) is 9.15. The van der Waals surface area contributed by atoms with Crippen molar-refractivity contribution in [1.82, 2.24) is 10.2 Å². The summed E-state index contributed by atoms with van der Waals surface area (Å²) in [5.74, 6) is -0.621. The van der Waals surface area contributed by atoms with E-state index in [1.807, 2.05) is 31.3 Å². The van der Waals surface area contributed by atoms with E-state index in [-0.39, 0.29) is 10.6 Å². The van der Waals surface area contributed by atoms with Crippen LogP contribution in [-0.4, -0.2) is 37.8 Å². The fourth-order valence-corrected chi connectivity index (χ4v) is 3.30. The number of carbonyl (C=O) groups excluding carboxylic acids is 1. The number of primary amides is 1. The van der Waals surface area contributed by atoms with Crippen LogP contribution in [0.3, 0.4) is 0 Å². The number of hydrogen-bond donors (Lipinski definition) is 3. The first-order valence-electron chi connectivity index (χ1n) is 7.78. The predicted molar refractivity (Wildman–Crippen MR) is 101 cm³/mol. The van der Waals surface area contributed by atoms with Gasteiger partial charge in [-0.15, -0.1) is 0 Å². The molecule has 26 heavy (non-hydrogen) atoms. The number of aromatic amines is 1. The molecule has 4 N–H and O–H groups in total. The number of aromatic nitrogens is 2. The highest BCUT2D eigenvalue weighted by Crippen LogP contribution is 2.34. The van der Waals surface area contributed by atoms with E-state index in [4.69, 9.17) is 5.73 Å². The van der Waals surface area contributed by atoms with Crippen LogP contribution in [-0.2, 0) is 9.84 Å². The van der Waals surface area contributed by atoms with Gasteiger partial charge in [0.2, 0.25) is 0 Å². The Bertz CT molecular complexity index is 1050. The van der Waals surface area contributed by atoms with Crippen molar-refractivity contribution in [3.8, 4) is 22.4 Å². The number of H-pyrrole nitrogens is 1. The zero-order valence-corrected chi connectivity index (χ0v) is 15.1. The van der Waals surface area contributed by atoms with E-state index in [0.717, 1.165) is 17.5 Å². The van der Waals surface area contributed by atoms with Crippen molar-refractivity contribution in [1.29, 1.82) is 0 Å². The smallest absolute Gasteiger partial charge is 0.267 e. The number of sulfone groups is 1. The van der Waals surface area contributed by atoms with E-state index < -0.39 is 15.7 Å². The number of nitrogens with one attached hydrogen (secondary N) is 2. The minimum absolute atomic E-state index is 0.199. The summed E-state index contributed by atoms with van der Waals surface area (Å²) in [7, 11) is -1.47. The second-order valence-corrected chi connectivity index (χ2v) is 7.83. The van der Waals surface area contributed by atoms with Gasteiger partial charge < -0.3 is 11.1 Å². The van der Waals surface area contributed by atoms with Crippen LogP contribution >= 0.6 is 0 Å². The van der Waals surface area contributed by atoms with Gasteiger partial charge in [0.05, 0.1) is 4.90 Å². The van der Waals surface area contributed by atoms with Crippen molar-refractivity contribution in [2.75, 3.05) is 18.6 Å². The van der Waals surface area contributed by atoms with Crippen molar-refractivity contribution >= 4 is 21.4 Å². The average molecular weight is 370 g/mol. The molecule has 1 heterocycles. The van der Waals surface area contributed by atoms with Crippen LogP contribution in [0.4, 0.5) is 5.69 Å². The zero-order valence-electron chi connectivity index (χ0n) is 14.3. The quantitative estimate of drug-likeness (QED) is 0.637. The zero-order chi connectivity index (χ0) is 18.9. The average Bonchev–Trinajstić information content (AvgIpc) is 3.06. The number of carbonyl (C=O) groups is 1. The molecule has 0 aliphatic heterocycles. The lowest BCUT2D eigenvalue weighted by Gasteiger charge is -2.07. The molecule has 0 unspecified atom stereocenters. The first-order chi connectivity index (χ1) is 12.3. The number of anilines is 1. The molecular weight excluding hydrogens is 352 g/mol. The largest absolute Gasteiger partial charge is 0.388 e. The standard InChI is InChI=1S/C18H18N4O3S/c1-20-13-7-3-11(4-8-13)15-16(21-22-17(15)18(19)23)12-5-9-14(10-6-12)26(2,24)25/h3-10,20H,1-2H3,(H2,19,23)(H,21,22). The van der Waals surface area contributed by atoms with Gasteiger partial charge in [-0.3, -0.25) is 9.89 Å². The fourth-order valence-electron chi connectivity index (χ4n) is 2.67. The van der Waals surface area contributed by atoms with Crippen LogP contribution in [0.5, 0.6) is 0 Å². The molecule has 134 valence electrons. The third-order valence-electron chi connectivity index (χ3n) is 4.03. The highest BCUT2D eigenvalue weighted by atomic mass is 32.2. The Morgan fingerprint density at radius 1 is 1.04 bits per heavy atom. The predicted octanol–water partition coefficient (Wildman–Crippen LogP) is 2.29. The Morgan fingerprint density at radius 3 is 2.12 bits per heavy atom. The molecular formula is C18H18N4O3S. The van der Waals surface area contributed by atoms with Gasteiger partial charge in [-0.25, -0.2) is 8.42 Å². The lowest BCUT2D eigenvalue weighted by Crippen LogP contribution is -2.12. The Balaban J connectivity index is 2.14. The van der Waals surface area contributed by atoms with Crippen molar-refractivity contribution in [2.45, 2.75) is 4.90 Å². The molecule has 1 aromatic heterocycles. The normalized spacial score (nSPS) is 11.3. The summed E-state index contributed by atoms with van der Waals surface area (Å²) < 4.78 is 23.3. The maximum Gasteiger partial charge on any atom is 0.267 e. The van der Waals surface area contributed by atoms with Gasteiger partial charge in [-0.2, -0.15) is 5.10 Å². The van der Waals surface area contributed by atoms with Crippen molar-refractivity contribution in [2.24, 2.45) is 5.73 Å². The van der Waals surface area contributed by atoms with Crippen LogP contribution in [0.2, 0.25) is 0 Å². The molecule has 0 radical (unpaired) electrons. The summed E-state index contributed by atoms with van der Waals surface area (Å²) in [4.78, 5) is 12.0. The van der Waals surface area contributed by atoms with E-state index in [2.05, 4.69) is 15.5 Å². The van der Waals surface area contributed by atoms with E-state index in [1.54, 1.807) is 12.1 Å². The van der Waals surface area contributed by atoms with E-state index in [9.17, 15) is 13.2 Å². The number of amides is 1. The molecule has 7 nitrogen and oxygen atoms in total. The van der Waals surface area contributed by atoms with Crippen LogP contribution in [0.25, 0.3) is 22.4 Å². The Kier molecular flexibility index (Phi) is 4.52. The number of benzene rings is 2. The van der Waals surface area contributed by atoms with Gasteiger partial charge in [0.1, 0.15) is 11.4 Å². The topological polar surface area (TPSA) is 118 Å². The molecule has 0 spiro atoms. The van der Waals surface area contributed by atoms with Gasteiger partial charge >= 0.3 is 0 Å². The highest BCUT2D eigenvalue weighted by molar-refractivity contribution is 7.90. The van der Waals surface area contributed by atoms with Crippen molar-refractivity contribution in [3.05, 3.63) is 54.2 Å². The molecule has 2 aromatic carbocycles. The third-order valence-corrected chi connectivity index (χ3v) is 5.16. The summed E-state index contributed by atoms with van der Waals surface area (Å²) in [6, 6.07) is 13.8. The number of hydrogen-bond acceptors (Lipinski definition) is 5. The molecule has 0 atom stereocenters. The first kappa shape index (κ1) is 17.7.